The number of amides is 1. The Morgan fingerprint density at radius 2 is 1.59 bits per heavy atom. The number of nitrogens with zero attached hydrogens (tertiary/aromatic N) is 1. The van der Waals surface area contributed by atoms with Crippen LogP contribution in [-0.2, 0) is 10.2 Å². The van der Waals surface area contributed by atoms with Crippen molar-refractivity contribution in [2.24, 2.45) is 5.92 Å². The molecule has 5 nitrogen and oxygen atoms in total. The molecule has 180 valence electrons. The number of hydrogen-bond acceptors (Lipinski definition) is 5. The number of anilines is 2. The number of ketones is 2. The summed E-state index contributed by atoms with van der Waals surface area (Å²) in [5.74, 6) is -1.52. The zero-order chi connectivity index (χ0) is 25.1. The molecule has 4 aromatic rings. The molecule has 0 radical (unpaired) electrons. The normalized spacial score (nSPS) is 24.9. The van der Waals surface area contributed by atoms with Gasteiger partial charge in [-0.1, -0.05) is 84.9 Å². The predicted molar refractivity (Wildman–Crippen MR) is 145 cm³/mol. The number of carbonyl (C=O) groups is 3. The third kappa shape index (κ3) is 2.93. The number of carbonyl (C=O) groups excluding carboxylic acids is 3. The second-order valence-electron chi connectivity index (χ2n) is 9.63. The van der Waals surface area contributed by atoms with Crippen molar-refractivity contribution in [2.75, 3.05) is 10.2 Å². The average molecular weight is 503 g/mol. The number of fused-ring (bicyclic) bond motifs is 6. The predicted octanol–water partition coefficient (Wildman–Crippen LogP) is 5.60. The number of rotatable bonds is 4. The lowest BCUT2D eigenvalue weighted by molar-refractivity contribution is -0.121. The third-order valence-electron chi connectivity index (χ3n) is 7.92. The highest BCUT2D eigenvalue weighted by Gasteiger charge is 2.70. The Morgan fingerprint density at radius 3 is 2.41 bits per heavy atom. The van der Waals surface area contributed by atoms with Crippen LogP contribution in [0.5, 0.6) is 0 Å². The molecule has 4 atom stereocenters. The van der Waals surface area contributed by atoms with Crippen LogP contribution in [0.4, 0.5) is 11.4 Å². The summed E-state index contributed by atoms with van der Waals surface area (Å²) in [6, 6.07) is 26.7. The minimum Gasteiger partial charge on any atom is -0.352 e. The number of para-hydroxylation sites is 2. The summed E-state index contributed by atoms with van der Waals surface area (Å²) < 4.78 is 0. The number of Topliss-reactive ketones (excluding diaryl/α,β-unsaturated/α-hetero) is 2. The van der Waals surface area contributed by atoms with Crippen LogP contribution in [0.1, 0.15) is 31.2 Å². The van der Waals surface area contributed by atoms with Crippen LogP contribution in [0.25, 0.3) is 6.08 Å². The number of thiophene rings is 1. The van der Waals surface area contributed by atoms with Gasteiger partial charge in [-0.3, -0.25) is 14.4 Å². The van der Waals surface area contributed by atoms with Gasteiger partial charge in [-0.05, 0) is 34.7 Å². The zero-order valence-corrected chi connectivity index (χ0v) is 20.5. The van der Waals surface area contributed by atoms with E-state index in [0.29, 0.717) is 16.1 Å². The highest BCUT2D eigenvalue weighted by Crippen LogP contribution is 2.58. The van der Waals surface area contributed by atoms with Gasteiger partial charge in [0.1, 0.15) is 11.5 Å². The number of benzene rings is 3. The van der Waals surface area contributed by atoms with Crippen molar-refractivity contribution >= 4 is 46.3 Å². The highest BCUT2D eigenvalue weighted by atomic mass is 32.1. The van der Waals surface area contributed by atoms with Gasteiger partial charge in [-0.15, -0.1) is 11.3 Å². The van der Waals surface area contributed by atoms with Gasteiger partial charge in [0.2, 0.25) is 5.91 Å². The quantitative estimate of drug-likeness (QED) is 0.369. The summed E-state index contributed by atoms with van der Waals surface area (Å²) in [7, 11) is 0. The monoisotopic (exact) mass is 502 g/mol. The van der Waals surface area contributed by atoms with Crippen LogP contribution in [0.2, 0.25) is 0 Å². The fourth-order valence-electron chi connectivity index (χ4n) is 6.46. The van der Waals surface area contributed by atoms with E-state index in [1.54, 1.807) is 18.2 Å². The first-order valence-corrected chi connectivity index (χ1v) is 13.1. The van der Waals surface area contributed by atoms with Crippen molar-refractivity contribution in [1.29, 1.82) is 0 Å². The van der Waals surface area contributed by atoms with Gasteiger partial charge in [0.05, 0.1) is 16.8 Å². The molecule has 0 aliphatic carbocycles. The summed E-state index contributed by atoms with van der Waals surface area (Å²) in [5.41, 5.74) is 2.51. The van der Waals surface area contributed by atoms with Gasteiger partial charge in [0.15, 0.2) is 11.6 Å². The van der Waals surface area contributed by atoms with Crippen LogP contribution < -0.4 is 10.2 Å². The SMILES string of the molecule is O=C(c1ccccc1)[C@@H]1[C@H](C(=O)c2cccs2)[C@]2(C(=O)Nc3ccccc32)[C@@H]2C=Cc3ccccc3N12. The lowest BCUT2D eigenvalue weighted by atomic mass is 9.64. The molecule has 1 fully saturated rings. The maximum atomic E-state index is 14.5. The first kappa shape index (κ1) is 21.9. The molecule has 7 rings (SSSR count). The van der Waals surface area contributed by atoms with E-state index in [1.165, 1.54) is 11.3 Å². The molecule has 3 aliphatic rings. The molecule has 0 bridgehead atoms. The van der Waals surface area contributed by atoms with E-state index >= 15 is 0 Å². The van der Waals surface area contributed by atoms with E-state index < -0.39 is 23.4 Å². The van der Waals surface area contributed by atoms with Gasteiger partial charge in [-0.2, -0.15) is 0 Å². The van der Waals surface area contributed by atoms with E-state index in [1.807, 2.05) is 95.2 Å². The molecule has 3 aliphatic heterocycles. The molecule has 0 saturated carbocycles. The van der Waals surface area contributed by atoms with Crippen molar-refractivity contribution in [3.63, 3.8) is 0 Å². The Kier molecular flexibility index (Phi) is 4.81. The molecule has 37 heavy (non-hydrogen) atoms. The molecule has 1 spiro atoms. The Labute approximate surface area is 218 Å². The molecule has 1 saturated heterocycles. The highest BCUT2D eigenvalue weighted by molar-refractivity contribution is 7.12. The van der Waals surface area contributed by atoms with Gasteiger partial charge < -0.3 is 10.2 Å². The lowest BCUT2D eigenvalue weighted by Gasteiger charge is -2.37. The standard InChI is InChI=1S/C31H22N2O3S/c34-28(20-10-2-1-3-11-20)27-26(29(35)24-15-8-18-37-24)31(21-12-5-6-13-22(21)32-30(31)36)25-17-16-19-9-4-7-14-23(19)33(25)27/h1-18,25-27H,(H,32,36)/t25-,26+,27-,31+/m0/s1. The van der Waals surface area contributed by atoms with Crippen molar-refractivity contribution in [3.8, 4) is 0 Å². The van der Waals surface area contributed by atoms with Gasteiger partial charge >= 0.3 is 0 Å². The van der Waals surface area contributed by atoms with E-state index in [4.69, 9.17) is 0 Å². The minimum absolute atomic E-state index is 0.167. The van der Waals surface area contributed by atoms with E-state index in [9.17, 15) is 14.4 Å². The maximum absolute atomic E-state index is 14.5. The zero-order valence-electron chi connectivity index (χ0n) is 19.7. The summed E-state index contributed by atoms with van der Waals surface area (Å²) in [6.07, 6.45) is 4.01. The Morgan fingerprint density at radius 1 is 0.838 bits per heavy atom. The Bertz CT molecular complexity index is 1590. The molecular weight excluding hydrogens is 480 g/mol. The molecular formula is C31H22N2O3S. The van der Waals surface area contributed by atoms with Crippen LogP contribution in [0, 0.1) is 5.92 Å². The largest absolute Gasteiger partial charge is 0.352 e. The third-order valence-corrected chi connectivity index (χ3v) is 8.80. The van der Waals surface area contributed by atoms with E-state index in [0.717, 1.165) is 16.8 Å². The minimum atomic E-state index is -1.27. The van der Waals surface area contributed by atoms with Crippen LogP contribution in [-0.4, -0.2) is 29.6 Å². The molecule has 1 aromatic heterocycles. The van der Waals surface area contributed by atoms with E-state index in [2.05, 4.69) is 5.32 Å². The van der Waals surface area contributed by atoms with E-state index in [-0.39, 0.29) is 17.5 Å². The van der Waals surface area contributed by atoms with Gasteiger partial charge in [-0.25, -0.2) is 0 Å². The summed E-state index contributed by atoms with van der Waals surface area (Å²) in [5, 5.41) is 4.91. The molecule has 4 heterocycles. The second-order valence-corrected chi connectivity index (χ2v) is 10.6. The topological polar surface area (TPSA) is 66.5 Å². The van der Waals surface area contributed by atoms with Crippen molar-refractivity contribution < 1.29 is 14.4 Å². The van der Waals surface area contributed by atoms with Crippen molar-refractivity contribution in [2.45, 2.75) is 17.5 Å². The summed E-state index contributed by atoms with van der Waals surface area (Å²) in [4.78, 5) is 45.6. The first-order valence-electron chi connectivity index (χ1n) is 12.3. The van der Waals surface area contributed by atoms with Crippen molar-refractivity contribution in [3.05, 3.63) is 124 Å². The molecule has 0 unspecified atom stereocenters. The fourth-order valence-corrected chi connectivity index (χ4v) is 7.17. The summed E-state index contributed by atoms with van der Waals surface area (Å²) >= 11 is 1.34. The number of hydrogen-bond donors (Lipinski definition) is 1. The van der Waals surface area contributed by atoms with Crippen LogP contribution in [0.3, 0.4) is 0 Å². The van der Waals surface area contributed by atoms with Gasteiger partial charge in [0, 0.05) is 16.9 Å². The first-order chi connectivity index (χ1) is 18.1. The fraction of sp³-hybridized carbons (Fsp3) is 0.129. The Balaban J connectivity index is 1.55. The smallest absolute Gasteiger partial charge is 0.238 e. The van der Waals surface area contributed by atoms with Crippen molar-refractivity contribution in [1.82, 2.24) is 0 Å². The summed E-state index contributed by atoms with van der Waals surface area (Å²) in [6.45, 7) is 0. The molecule has 3 aromatic carbocycles. The van der Waals surface area contributed by atoms with Gasteiger partial charge in [0.25, 0.3) is 0 Å². The van der Waals surface area contributed by atoms with Crippen LogP contribution >= 0.6 is 11.3 Å². The maximum Gasteiger partial charge on any atom is 0.238 e. The molecule has 1 N–H and O–H groups in total. The molecule has 6 heteroatoms. The lowest BCUT2D eigenvalue weighted by Crippen LogP contribution is -2.51. The average Bonchev–Trinajstić information content (AvgIpc) is 3.65. The Hall–Kier alpha value is -4.29. The number of nitrogens with one attached hydrogen (secondary N) is 1. The second kappa shape index (κ2) is 8.11. The molecule has 1 amide bonds. The van der Waals surface area contributed by atoms with Crippen LogP contribution in [0.15, 0.2) is 102 Å².